The fourth-order valence-corrected chi connectivity index (χ4v) is 2.32. The van der Waals surface area contributed by atoms with E-state index >= 15 is 0 Å². The van der Waals surface area contributed by atoms with E-state index in [1.807, 2.05) is 0 Å². The van der Waals surface area contributed by atoms with Crippen molar-refractivity contribution in [1.29, 1.82) is 0 Å². The van der Waals surface area contributed by atoms with Gasteiger partial charge in [0.1, 0.15) is 0 Å². The third-order valence-electron chi connectivity index (χ3n) is 4.47. The molecule has 0 nitrogen and oxygen atoms in total. The molecule has 0 aromatic heterocycles. The molecule has 0 heterocycles. The Morgan fingerprint density at radius 3 is 0.958 bits per heavy atom. The maximum Gasteiger partial charge on any atom is -1.00 e. The van der Waals surface area contributed by atoms with Gasteiger partial charge in [-0.2, -0.15) is 22.3 Å². The Labute approximate surface area is 178 Å². The summed E-state index contributed by atoms with van der Waals surface area (Å²) in [6, 6.07) is 0. The summed E-state index contributed by atoms with van der Waals surface area (Å²) in [6.45, 7) is 22.0. The Morgan fingerprint density at radius 1 is 0.708 bits per heavy atom. The smallest absolute Gasteiger partial charge is 1.00 e. The van der Waals surface area contributed by atoms with Crippen molar-refractivity contribution < 1.29 is 47.8 Å². The van der Waals surface area contributed by atoms with Gasteiger partial charge in [0.25, 0.3) is 0 Å². The number of hydrogen-bond donors (Lipinski definition) is 0. The first-order valence-corrected chi connectivity index (χ1v) is 15.9. The van der Waals surface area contributed by atoms with Crippen LogP contribution in [0.25, 0.3) is 0 Å². The first-order chi connectivity index (χ1) is 9.98. The summed E-state index contributed by atoms with van der Waals surface area (Å²) in [6.07, 6.45) is 6.72. The molecule has 0 amide bonds. The van der Waals surface area contributed by atoms with Crippen molar-refractivity contribution in [3.05, 3.63) is 45.6 Å². The van der Waals surface area contributed by atoms with E-state index in [1.54, 1.807) is 0 Å². The van der Waals surface area contributed by atoms with E-state index in [2.05, 4.69) is 80.6 Å². The molecule has 0 spiro atoms. The molecule has 0 aromatic carbocycles. The van der Waals surface area contributed by atoms with Gasteiger partial charge in [-0.1, -0.05) is 53.4 Å². The number of allylic oxidation sites excluding steroid dienone is 8. The zero-order valence-electron chi connectivity index (χ0n) is 16.9. The molecule has 0 saturated carbocycles. The van der Waals surface area contributed by atoms with Crippen LogP contribution in [-0.4, -0.2) is 5.49 Å². The van der Waals surface area contributed by atoms with E-state index in [9.17, 15) is 0 Å². The maximum absolute atomic E-state index is 3.36. The largest absolute Gasteiger partial charge is 1.00 e. The minimum atomic E-state index is 0. The predicted molar refractivity (Wildman–Crippen MR) is 97.4 cm³/mol. The van der Waals surface area contributed by atoms with Crippen LogP contribution in [0.15, 0.2) is 33.4 Å². The molecule has 4 heteroatoms. The third-order valence-corrected chi connectivity index (χ3v) is 4.47. The molecule has 2 aliphatic rings. The second-order valence-corrected chi connectivity index (χ2v) is 19.4. The van der Waals surface area contributed by atoms with Crippen molar-refractivity contribution in [3.63, 3.8) is 0 Å². The van der Waals surface area contributed by atoms with Crippen LogP contribution in [0.3, 0.4) is 0 Å². The Hall–Kier alpha value is 0.627. The van der Waals surface area contributed by atoms with Gasteiger partial charge in [0.15, 0.2) is 0 Å². The average molecular weight is 550 g/mol. The van der Waals surface area contributed by atoms with E-state index in [1.165, 1.54) is 56.4 Å². The molecule has 0 fully saturated rings. The second kappa shape index (κ2) is 13.8. The van der Waals surface area contributed by atoms with Gasteiger partial charge in [-0.05, 0) is 0 Å². The SMILES string of the molecule is CC1=[C-]C(C)C(C)=C1C.CC1=[C-]C(C)C(C)=C1C.C[Si](C)=[Hf+2].[Cl-].[Cl-]. The second-order valence-electron chi connectivity index (χ2n) is 6.60. The van der Waals surface area contributed by atoms with Crippen molar-refractivity contribution >= 4 is 5.49 Å². The van der Waals surface area contributed by atoms with Crippen LogP contribution < -0.4 is 24.8 Å². The first kappa shape index (κ1) is 29.4. The van der Waals surface area contributed by atoms with Crippen LogP contribution in [0.1, 0.15) is 55.4 Å². The Morgan fingerprint density at radius 2 is 0.917 bits per heavy atom. The van der Waals surface area contributed by atoms with Gasteiger partial charge >= 0.3 is 41.6 Å². The molecule has 2 unspecified atom stereocenters. The van der Waals surface area contributed by atoms with Crippen LogP contribution in [-0.2, 0) is 23.0 Å². The van der Waals surface area contributed by atoms with Crippen LogP contribution in [0.5, 0.6) is 0 Å². The fourth-order valence-electron chi connectivity index (χ4n) is 2.32. The zero-order valence-corrected chi connectivity index (χ0v) is 23.0. The Balaban J connectivity index is -0.000000283. The van der Waals surface area contributed by atoms with E-state index in [0.29, 0.717) is 11.8 Å². The third kappa shape index (κ3) is 9.94. The van der Waals surface area contributed by atoms with Gasteiger partial charge < -0.3 is 24.8 Å². The molecule has 0 saturated heterocycles. The summed E-state index contributed by atoms with van der Waals surface area (Å²) in [4.78, 5) is 0. The van der Waals surface area contributed by atoms with E-state index in [-0.39, 0.29) is 30.3 Å². The maximum atomic E-state index is 3.36. The van der Waals surface area contributed by atoms with Crippen molar-refractivity contribution in [2.75, 3.05) is 0 Å². The molecule has 2 aliphatic carbocycles. The Bertz CT molecular complexity index is 506. The van der Waals surface area contributed by atoms with Gasteiger partial charge in [0.2, 0.25) is 0 Å². The van der Waals surface area contributed by atoms with Crippen LogP contribution in [0, 0.1) is 24.0 Å². The summed E-state index contributed by atoms with van der Waals surface area (Å²) in [5.41, 5.74) is 8.75. The summed E-state index contributed by atoms with van der Waals surface area (Å²) in [5, 5.41) is 0. The summed E-state index contributed by atoms with van der Waals surface area (Å²) < 4.78 is 0. The molecule has 0 aliphatic heterocycles. The fraction of sp³-hybridized carbons (Fsp3) is 0.600. The molecular formula is C20H32Cl2HfSi-2. The van der Waals surface area contributed by atoms with Gasteiger partial charge in [0, 0.05) is 0 Å². The molecule has 136 valence electrons. The minimum Gasteiger partial charge on any atom is -1.00 e. The summed E-state index contributed by atoms with van der Waals surface area (Å²) >= 11 is 1.45. The van der Waals surface area contributed by atoms with Crippen LogP contribution in [0.4, 0.5) is 0 Å². The normalized spacial score (nSPS) is 21.5. The monoisotopic (exact) mass is 550 g/mol. The molecule has 0 bridgehead atoms. The van der Waals surface area contributed by atoms with E-state index in [0.717, 1.165) is 0 Å². The topological polar surface area (TPSA) is 0 Å². The van der Waals surface area contributed by atoms with Gasteiger partial charge in [-0.3, -0.25) is 12.2 Å². The molecule has 2 rings (SSSR count). The summed E-state index contributed by atoms with van der Waals surface area (Å²) in [7, 11) is 0. The predicted octanol–water partition coefficient (Wildman–Crippen LogP) is 0.236. The molecule has 0 radical (unpaired) electrons. The van der Waals surface area contributed by atoms with Crippen molar-refractivity contribution in [2.45, 2.75) is 68.5 Å². The molecular weight excluding hydrogens is 518 g/mol. The zero-order chi connectivity index (χ0) is 17.6. The average Bonchev–Trinajstić information content (AvgIpc) is 2.75. The van der Waals surface area contributed by atoms with Crippen molar-refractivity contribution in [3.8, 4) is 0 Å². The standard InChI is InChI=1S/2C9H13.C2H6Si.2ClH.Hf/c2*1-6-5-7(2)9(4)8(6)3;1-3-2;;;/h2*6H,1-4H3;1-2H3;2*1H;/q2*-1;;;;+2/p-2. The van der Waals surface area contributed by atoms with Gasteiger partial charge in [0.05, 0.1) is 0 Å². The first-order valence-electron chi connectivity index (χ1n) is 8.06. The number of rotatable bonds is 0. The molecule has 24 heavy (non-hydrogen) atoms. The van der Waals surface area contributed by atoms with E-state index < -0.39 is 0 Å². The quantitative estimate of drug-likeness (QED) is 0.300. The number of halogens is 2. The van der Waals surface area contributed by atoms with Crippen LogP contribution in [0.2, 0.25) is 13.1 Å². The van der Waals surface area contributed by atoms with Crippen LogP contribution >= 0.6 is 0 Å². The van der Waals surface area contributed by atoms with Crippen molar-refractivity contribution in [1.82, 2.24) is 0 Å². The molecule has 2 atom stereocenters. The van der Waals surface area contributed by atoms with Gasteiger partial charge in [-0.15, -0.1) is 13.8 Å². The minimum absolute atomic E-state index is 0. The summed E-state index contributed by atoms with van der Waals surface area (Å²) in [5.74, 6) is 1.12. The van der Waals surface area contributed by atoms with Crippen molar-refractivity contribution in [2.24, 2.45) is 11.8 Å². The van der Waals surface area contributed by atoms with Gasteiger partial charge in [-0.25, -0.2) is 11.1 Å². The molecule has 0 aromatic rings. The molecule has 0 N–H and O–H groups in total. The Kier molecular flexibility index (Phi) is 16.9. The van der Waals surface area contributed by atoms with E-state index in [4.69, 9.17) is 0 Å². The number of hydrogen-bond acceptors (Lipinski definition) is 0.